The van der Waals surface area contributed by atoms with Crippen LogP contribution in [0.1, 0.15) is 24.7 Å². The monoisotopic (exact) mass is 557 g/mol. The number of nitrogens with zero attached hydrogens (tertiary/aromatic N) is 5. The van der Waals surface area contributed by atoms with E-state index in [0.29, 0.717) is 49.5 Å². The van der Waals surface area contributed by atoms with Gasteiger partial charge in [0.25, 0.3) is 11.5 Å². The van der Waals surface area contributed by atoms with Crippen molar-refractivity contribution in [2.75, 3.05) is 32.9 Å². The first-order valence-electron chi connectivity index (χ1n) is 11.4. The van der Waals surface area contributed by atoms with Gasteiger partial charge in [-0.15, -0.1) is 0 Å². The van der Waals surface area contributed by atoms with Crippen LogP contribution in [0.3, 0.4) is 0 Å². The highest BCUT2D eigenvalue weighted by molar-refractivity contribution is 9.10. The maximum Gasteiger partial charge on any atom is 0.311 e. The van der Waals surface area contributed by atoms with Gasteiger partial charge in [0.1, 0.15) is 5.82 Å². The molecular weight excluding hydrogens is 534 g/mol. The Bertz CT molecular complexity index is 1380. The Labute approximate surface area is 214 Å². The molecule has 1 aliphatic rings. The summed E-state index contributed by atoms with van der Waals surface area (Å²) in [7, 11) is 0. The smallest absolute Gasteiger partial charge is 0.311 e. The summed E-state index contributed by atoms with van der Waals surface area (Å²) >= 11 is 3.37. The minimum atomic E-state index is -0.588. The molecule has 0 unspecified atom stereocenters. The summed E-state index contributed by atoms with van der Waals surface area (Å²) in [5, 5.41) is 16.4. The van der Waals surface area contributed by atoms with Crippen LogP contribution in [-0.4, -0.2) is 64.5 Å². The van der Waals surface area contributed by atoms with Gasteiger partial charge in [-0.05, 0) is 30.7 Å². The van der Waals surface area contributed by atoms with Crippen molar-refractivity contribution in [3.63, 3.8) is 0 Å². The lowest BCUT2D eigenvalue weighted by molar-refractivity contribution is -0.385. The summed E-state index contributed by atoms with van der Waals surface area (Å²) < 4.78 is 12.8. The molecule has 0 saturated carbocycles. The van der Waals surface area contributed by atoms with Crippen molar-refractivity contribution in [2.45, 2.75) is 19.8 Å². The van der Waals surface area contributed by atoms with Crippen molar-refractivity contribution in [2.24, 2.45) is 5.10 Å². The first kappa shape index (κ1) is 25.5. The van der Waals surface area contributed by atoms with Crippen LogP contribution in [0.5, 0.6) is 5.75 Å². The summed E-state index contributed by atoms with van der Waals surface area (Å²) in [6.07, 6.45) is 2.55. The number of carbonyl (C=O) groups is 1. The van der Waals surface area contributed by atoms with Crippen LogP contribution in [0.4, 0.5) is 5.69 Å². The van der Waals surface area contributed by atoms with Gasteiger partial charge >= 0.3 is 5.69 Å². The number of aromatic nitrogens is 2. The van der Waals surface area contributed by atoms with Crippen LogP contribution in [-0.2, 0) is 16.0 Å². The van der Waals surface area contributed by atoms with E-state index in [1.54, 1.807) is 23.1 Å². The molecular formula is C24H24BrN5O6. The molecule has 1 aliphatic heterocycles. The highest BCUT2D eigenvalue weighted by atomic mass is 79.9. The summed E-state index contributed by atoms with van der Waals surface area (Å²) in [4.78, 5) is 43.0. The largest absolute Gasteiger partial charge is 0.476 e. The van der Waals surface area contributed by atoms with Gasteiger partial charge in [0.05, 0.1) is 35.3 Å². The van der Waals surface area contributed by atoms with E-state index in [1.165, 1.54) is 23.0 Å². The van der Waals surface area contributed by atoms with E-state index < -0.39 is 4.92 Å². The predicted molar refractivity (Wildman–Crippen MR) is 137 cm³/mol. The third-order valence-corrected chi connectivity index (χ3v) is 6.08. The number of hydrogen-bond acceptors (Lipinski definition) is 8. The van der Waals surface area contributed by atoms with Crippen LogP contribution in [0.15, 0.2) is 50.8 Å². The fourth-order valence-electron chi connectivity index (χ4n) is 3.80. The Morgan fingerprint density at radius 2 is 2.08 bits per heavy atom. The predicted octanol–water partition coefficient (Wildman–Crippen LogP) is 3.14. The number of fused-ring (bicyclic) bond motifs is 1. The van der Waals surface area contributed by atoms with Crippen molar-refractivity contribution in [1.29, 1.82) is 0 Å². The number of benzene rings is 2. The van der Waals surface area contributed by atoms with Gasteiger partial charge in [-0.1, -0.05) is 28.9 Å². The Hall–Kier alpha value is -3.64. The second-order valence-corrected chi connectivity index (χ2v) is 8.95. The summed E-state index contributed by atoms with van der Waals surface area (Å²) in [6.45, 7) is 3.31. The van der Waals surface area contributed by atoms with Crippen LogP contribution in [0.25, 0.3) is 10.9 Å². The molecule has 11 nitrogen and oxygen atoms in total. The van der Waals surface area contributed by atoms with Crippen LogP contribution in [0.2, 0.25) is 0 Å². The van der Waals surface area contributed by atoms with Gasteiger partial charge in [0.15, 0.2) is 6.61 Å². The molecule has 3 aromatic rings. The molecule has 188 valence electrons. The van der Waals surface area contributed by atoms with Crippen molar-refractivity contribution >= 4 is 44.6 Å². The average molecular weight is 558 g/mol. The van der Waals surface area contributed by atoms with Gasteiger partial charge in [0, 0.05) is 35.6 Å². The normalized spacial score (nSPS) is 13.9. The number of amides is 1. The van der Waals surface area contributed by atoms with Gasteiger partial charge < -0.3 is 14.4 Å². The maximum absolute atomic E-state index is 13.2. The summed E-state index contributed by atoms with van der Waals surface area (Å²) in [5.74, 6) is 0.0588. The van der Waals surface area contributed by atoms with Crippen molar-refractivity contribution in [3.05, 3.63) is 72.7 Å². The van der Waals surface area contributed by atoms with E-state index in [4.69, 9.17) is 9.47 Å². The molecule has 4 rings (SSSR count). The fourth-order valence-corrected chi connectivity index (χ4v) is 4.16. The van der Waals surface area contributed by atoms with E-state index in [9.17, 15) is 19.7 Å². The Morgan fingerprint density at radius 1 is 1.31 bits per heavy atom. The van der Waals surface area contributed by atoms with Crippen molar-refractivity contribution in [3.8, 4) is 5.75 Å². The highest BCUT2D eigenvalue weighted by Crippen LogP contribution is 2.30. The lowest BCUT2D eigenvalue weighted by atomic mass is 10.2. The fraction of sp³-hybridized carbons (Fsp3) is 0.333. The number of ether oxygens (including phenoxy) is 2. The first-order valence-corrected chi connectivity index (χ1v) is 12.2. The molecule has 0 aliphatic carbocycles. The molecule has 1 amide bonds. The zero-order chi connectivity index (χ0) is 25.7. The second-order valence-electron chi connectivity index (χ2n) is 8.04. The van der Waals surface area contributed by atoms with Gasteiger partial charge in [-0.3, -0.25) is 19.7 Å². The topological polar surface area (TPSA) is 129 Å². The molecule has 12 heteroatoms. The first-order chi connectivity index (χ1) is 17.4. The third kappa shape index (κ3) is 5.60. The van der Waals surface area contributed by atoms with Crippen molar-refractivity contribution < 1.29 is 19.2 Å². The molecule has 0 spiro atoms. The van der Waals surface area contributed by atoms with E-state index in [-0.39, 0.29) is 35.1 Å². The summed E-state index contributed by atoms with van der Waals surface area (Å²) in [5.41, 5.74) is 0.133. The quantitative estimate of drug-likeness (QED) is 0.236. The number of halogens is 1. The van der Waals surface area contributed by atoms with E-state index in [2.05, 4.69) is 26.0 Å². The minimum absolute atomic E-state index is 0.102. The minimum Gasteiger partial charge on any atom is -0.476 e. The van der Waals surface area contributed by atoms with Gasteiger partial charge in [-0.2, -0.15) is 9.78 Å². The molecule has 1 aromatic heterocycles. The standard InChI is InChI=1S/C24H24BrN5O6/c1-2-4-21-27-19-8-7-17(25)13-18(19)24(32)29(21)26-14-16-5-3-6-20(30(33)34)23(16)36-15-22(31)28-9-11-35-12-10-28/h3,5-8,13-14H,2,4,9-12,15H2,1H3. The Morgan fingerprint density at radius 3 is 2.81 bits per heavy atom. The molecule has 2 aromatic carbocycles. The number of carbonyl (C=O) groups excluding carboxylic acids is 1. The molecule has 0 N–H and O–H groups in total. The molecule has 1 saturated heterocycles. The second kappa shape index (κ2) is 11.4. The molecule has 2 heterocycles. The number of rotatable bonds is 8. The number of para-hydroxylation sites is 1. The molecule has 1 fully saturated rings. The van der Waals surface area contributed by atoms with E-state index >= 15 is 0 Å². The van der Waals surface area contributed by atoms with Crippen molar-refractivity contribution in [1.82, 2.24) is 14.6 Å². The lowest BCUT2D eigenvalue weighted by Gasteiger charge is -2.26. The van der Waals surface area contributed by atoms with E-state index in [1.807, 2.05) is 13.0 Å². The Balaban J connectivity index is 1.70. The van der Waals surface area contributed by atoms with E-state index in [0.717, 1.165) is 10.9 Å². The maximum atomic E-state index is 13.2. The molecule has 0 radical (unpaired) electrons. The van der Waals surface area contributed by atoms with Gasteiger partial charge in [-0.25, -0.2) is 4.98 Å². The zero-order valence-electron chi connectivity index (χ0n) is 19.6. The molecule has 0 atom stereocenters. The van der Waals surface area contributed by atoms with Crippen LogP contribution in [0, 0.1) is 10.1 Å². The van der Waals surface area contributed by atoms with Crippen LogP contribution >= 0.6 is 15.9 Å². The number of aryl methyl sites for hydroxylation is 1. The molecule has 0 bridgehead atoms. The summed E-state index contributed by atoms with van der Waals surface area (Å²) in [6, 6.07) is 9.58. The molecule has 36 heavy (non-hydrogen) atoms. The highest BCUT2D eigenvalue weighted by Gasteiger charge is 2.22. The average Bonchev–Trinajstić information content (AvgIpc) is 2.88. The number of nitro benzene ring substituents is 1. The SMILES string of the molecule is CCCc1nc2ccc(Br)cc2c(=O)n1N=Cc1cccc([N+](=O)[O-])c1OCC(=O)N1CCOCC1. The van der Waals surface area contributed by atoms with Crippen LogP contribution < -0.4 is 10.3 Å². The third-order valence-electron chi connectivity index (χ3n) is 5.59. The Kier molecular flexibility index (Phi) is 8.06. The number of morpholine rings is 1. The zero-order valence-corrected chi connectivity index (χ0v) is 21.1. The number of nitro groups is 1. The number of hydrogen-bond donors (Lipinski definition) is 0. The van der Waals surface area contributed by atoms with Gasteiger partial charge in [0.2, 0.25) is 5.75 Å². The lowest BCUT2D eigenvalue weighted by Crippen LogP contribution is -2.43.